The Morgan fingerprint density at radius 1 is 0.850 bits per heavy atom. The molecular formula is C14H11N5O. The standard InChI is InChI=1S/C14H11N5O/c1-9-6-7-11(15-8-9)14-18-16-13(17-19-14)10-4-2-3-5-12(10)20/h2-8,20H,1H3. The number of para-hydroxylation sites is 1. The molecule has 0 radical (unpaired) electrons. The van der Waals surface area contributed by atoms with Crippen LogP contribution in [0.2, 0.25) is 0 Å². The lowest BCUT2D eigenvalue weighted by atomic mass is 10.2. The average Bonchev–Trinajstić information content (AvgIpc) is 2.49. The van der Waals surface area contributed by atoms with Crippen LogP contribution in [0.15, 0.2) is 42.6 Å². The lowest BCUT2D eigenvalue weighted by Crippen LogP contribution is -2.00. The normalized spacial score (nSPS) is 10.4. The molecule has 0 aliphatic carbocycles. The molecule has 1 aromatic carbocycles. The number of aromatic hydroxyl groups is 1. The zero-order chi connectivity index (χ0) is 13.9. The molecule has 0 aliphatic heterocycles. The van der Waals surface area contributed by atoms with E-state index in [-0.39, 0.29) is 11.6 Å². The van der Waals surface area contributed by atoms with Gasteiger partial charge in [-0.3, -0.25) is 4.98 Å². The molecule has 0 amide bonds. The Labute approximate surface area is 115 Å². The molecule has 1 N–H and O–H groups in total. The number of phenolic OH excluding ortho intramolecular Hbond substituents is 1. The molecule has 6 nitrogen and oxygen atoms in total. The predicted molar refractivity (Wildman–Crippen MR) is 72.7 cm³/mol. The lowest BCUT2D eigenvalue weighted by Gasteiger charge is -2.02. The molecule has 2 heterocycles. The number of benzene rings is 1. The van der Waals surface area contributed by atoms with Crippen LogP contribution in [0, 0.1) is 6.92 Å². The fourth-order valence-electron chi connectivity index (χ4n) is 1.70. The third kappa shape index (κ3) is 2.31. The molecule has 0 fully saturated rings. The van der Waals surface area contributed by atoms with Gasteiger partial charge in [0.15, 0.2) is 0 Å². The third-order valence-corrected chi connectivity index (χ3v) is 2.76. The van der Waals surface area contributed by atoms with Crippen molar-refractivity contribution in [2.75, 3.05) is 0 Å². The molecule has 0 atom stereocenters. The van der Waals surface area contributed by atoms with E-state index in [1.165, 1.54) is 0 Å². The maximum Gasteiger partial charge on any atom is 0.221 e. The SMILES string of the molecule is Cc1ccc(-c2nnc(-c3ccccc3O)nn2)nc1. The predicted octanol–water partition coefficient (Wildman–Crippen LogP) is 2.01. The number of phenols is 1. The van der Waals surface area contributed by atoms with Gasteiger partial charge in [0.25, 0.3) is 0 Å². The van der Waals surface area contributed by atoms with Crippen LogP contribution < -0.4 is 0 Å². The highest BCUT2D eigenvalue weighted by molar-refractivity contribution is 5.62. The van der Waals surface area contributed by atoms with Crippen LogP contribution in [0.1, 0.15) is 5.56 Å². The molecule has 3 rings (SSSR count). The van der Waals surface area contributed by atoms with Gasteiger partial charge in [0.05, 0.1) is 5.56 Å². The van der Waals surface area contributed by atoms with Gasteiger partial charge in [0.1, 0.15) is 11.4 Å². The second kappa shape index (κ2) is 5.00. The van der Waals surface area contributed by atoms with E-state index in [1.807, 2.05) is 19.1 Å². The molecule has 0 bridgehead atoms. The topological polar surface area (TPSA) is 84.7 Å². The number of rotatable bonds is 2. The highest BCUT2D eigenvalue weighted by Gasteiger charge is 2.10. The minimum atomic E-state index is 0.0947. The van der Waals surface area contributed by atoms with Crippen LogP contribution in [-0.2, 0) is 0 Å². The fourth-order valence-corrected chi connectivity index (χ4v) is 1.70. The van der Waals surface area contributed by atoms with Gasteiger partial charge in [-0.15, -0.1) is 20.4 Å². The maximum absolute atomic E-state index is 9.73. The zero-order valence-electron chi connectivity index (χ0n) is 10.7. The molecule has 0 unspecified atom stereocenters. The molecule has 6 heteroatoms. The number of pyridine rings is 1. The van der Waals surface area contributed by atoms with E-state index in [0.29, 0.717) is 17.1 Å². The van der Waals surface area contributed by atoms with Gasteiger partial charge in [-0.1, -0.05) is 18.2 Å². The van der Waals surface area contributed by atoms with Gasteiger partial charge in [0.2, 0.25) is 11.6 Å². The summed E-state index contributed by atoms with van der Waals surface area (Å²) in [4.78, 5) is 4.21. The van der Waals surface area contributed by atoms with Crippen molar-refractivity contribution in [3.05, 3.63) is 48.2 Å². The first-order valence-electron chi connectivity index (χ1n) is 6.03. The smallest absolute Gasteiger partial charge is 0.221 e. The van der Waals surface area contributed by atoms with Crippen molar-refractivity contribution in [2.24, 2.45) is 0 Å². The van der Waals surface area contributed by atoms with Crippen LogP contribution in [0.25, 0.3) is 22.9 Å². The molecule has 0 saturated carbocycles. The summed E-state index contributed by atoms with van der Waals surface area (Å²) in [6.45, 7) is 1.95. The zero-order valence-corrected chi connectivity index (χ0v) is 10.7. The summed E-state index contributed by atoms with van der Waals surface area (Å²) in [6.07, 6.45) is 1.73. The molecule has 98 valence electrons. The highest BCUT2D eigenvalue weighted by Crippen LogP contribution is 2.24. The van der Waals surface area contributed by atoms with Gasteiger partial charge in [-0.05, 0) is 30.7 Å². The van der Waals surface area contributed by atoms with Gasteiger partial charge in [-0.2, -0.15) is 0 Å². The van der Waals surface area contributed by atoms with Crippen LogP contribution in [-0.4, -0.2) is 30.5 Å². The number of nitrogens with zero attached hydrogens (tertiary/aromatic N) is 5. The summed E-state index contributed by atoms with van der Waals surface area (Å²) in [5.41, 5.74) is 2.16. The molecule has 0 aliphatic rings. The summed E-state index contributed by atoms with van der Waals surface area (Å²) >= 11 is 0. The van der Waals surface area contributed by atoms with Gasteiger partial charge >= 0.3 is 0 Å². The van der Waals surface area contributed by atoms with Gasteiger partial charge < -0.3 is 5.11 Å². The molecule has 0 saturated heterocycles. The third-order valence-electron chi connectivity index (χ3n) is 2.76. The van der Waals surface area contributed by atoms with E-state index in [2.05, 4.69) is 25.4 Å². The monoisotopic (exact) mass is 265 g/mol. The Balaban J connectivity index is 1.96. The van der Waals surface area contributed by atoms with Crippen molar-refractivity contribution in [2.45, 2.75) is 6.92 Å². The maximum atomic E-state index is 9.73. The van der Waals surface area contributed by atoms with Crippen LogP contribution in [0.3, 0.4) is 0 Å². The van der Waals surface area contributed by atoms with Crippen LogP contribution >= 0.6 is 0 Å². The summed E-state index contributed by atoms with van der Waals surface area (Å²) < 4.78 is 0. The first-order valence-corrected chi connectivity index (χ1v) is 6.03. The van der Waals surface area contributed by atoms with Crippen molar-refractivity contribution in [1.29, 1.82) is 0 Å². The first-order chi connectivity index (χ1) is 9.74. The van der Waals surface area contributed by atoms with E-state index in [9.17, 15) is 5.11 Å². The summed E-state index contributed by atoms with van der Waals surface area (Å²) in [7, 11) is 0. The van der Waals surface area contributed by atoms with E-state index >= 15 is 0 Å². The van der Waals surface area contributed by atoms with Crippen molar-refractivity contribution in [3.63, 3.8) is 0 Å². The van der Waals surface area contributed by atoms with Gasteiger partial charge in [-0.25, -0.2) is 0 Å². The Bertz CT molecular complexity index is 725. The number of hydrogen-bond acceptors (Lipinski definition) is 6. The summed E-state index contributed by atoms with van der Waals surface area (Å²) in [5, 5.41) is 25.7. The lowest BCUT2D eigenvalue weighted by molar-refractivity contribution is 0.476. The number of hydrogen-bond donors (Lipinski definition) is 1. The highest BCUT2D eigenvalue weighted by atomic mass is 16.3. The van der Waals surface area contributed by atoms with E-state index in [4.69, 9.17) is 0 Å². The number of aromatic nitrogens is 5. The number of aryl methyl sites for hydroxylation is 1. The first kappa shape index (κ1) is 12.2. The van der Waals surface area contributed by atoms with Crippen molar-refractivity contribution < 1.29 is 5.11 Å². The Kier molecular flexibility index (Phi) is 3.04. The molecule has 0 spiro atoms. The molecular weight excluding hydrogens is 254 g/mol. The van der Waals surface area contributed by atoms with E-state index in [1.54, 1.807) is 30.5 Å². The van der Waals surface area contributed by atoms with Crippen molar-refractivity contribution in [1.82, 2.24) is 25.4 Å². The Morgan fingerprint density at radius 2 is 1.55 bits per heavy atom. The summed E-state index contributed by atoms with van der Waals surface area (Å²) in [5.74, 6) is 0.723. The van der Waals surface area contributed by atoms with Crippen LogP contribution in [0.4, 0.5) is 0 Å². The fraction of sp³-hybridized carbons (Fsp3) is 0.0714. The minimum absolute atomic E-state index is 0.0947. The molecule has 20 heavy (non-hydrogen) atoms. The second-order valence-corrected chi connectivity index (χ2v) is 4.29. The summed E-state index contributed by atoms with van der Waals surface area (Å²) in [6, 6.07) is 10.5. The van der Waals surface area contributed by atoms with Crippen LogP contribution in [0.5, 0.6) is 5.75 Å². The average molecular weight is 265 g/mol. The molecule has 3 aromatic rings. The van der Waals surface area contributed by atoms with E-state index in [0.717, 1.165) is 5.56 Å². The quantitative estimate of drug-likeness (QED) is 0.763. The minimum Gasteiger partial charge on any atom is -0.507 e. The largest absolute Gasteiger partial charge is 0.507 e. The van der Waals surface area contributed by atoms with Crippen molar-refractivity contribution >= 4 is 0 Å². The second-order valence-electron chi connectivity index (χ2n) is 4.29. The van der Waals surface area contributed by atoms with E-state index < -0.39 is 0 Å². The Morgan fingerprint density at radius 3 is 2.20 bits per heavy atom. The van der Waals surface area contributed by atoms with Gasteiger partial charge in [0, 0.05) is 6.20 Å². The Hall–Kier alpha value is -2.89. The van der Waals surface area contributed by atoms with Crippen molar-refractivity contribution in [3.8, 4) is 28.7 Å². The molecule has 2 aromatic heterocycles.